The Labute approximate surface area is 180 Å². The summed E-state index contributed by atoms with van der Waals surface area (Å²) in [4.78, 5) is 15.3. The summed E-state index contributed by atoms with van der Waals surface area (Å²) in [5, 5.41) is 8.52. The quantitative estimate of drug-likeness (QED) is 0.547. The van der Waals surface area contributed by atoms with Gasteiger partial charge in [0.25, 0.3) is 0 Å². The van der Waals surface area contributed by atoms with E-state index in [9.17, 15) is 17.6 Å². The number of nitrogens with zero attached hydrogens (tertiary/aromatic N) is 3. The first-order chi connectivity index (χ1) is 15.2. The molecule has 1 fully saturated rings. The van der Waals surface area contributed by atoms with Gasteiger partial charge < -0.3 is 23.9 Å². The van der Waals surface area contributed by atoms with Gasteiger partial charge in [-0.1, -0.05) is 0 Å². The maximum absolute atomic E-state index is 15.3. The molecule has 1 amide bonds. The van der Waals surface area contributed by atoms with Crippen LogP contribution in [0.4, 0.5) is 13.6 Å². The van der Waals surface area contributed by atoms with Crippen molar-refractivity contribution < 1.29 is 41.0 Å². The summed E-state index contributed by atoms with van der Waals surface area (Å²) >= 11 is 0. The van der Waals surface area contributed by atoms with Gasteiger partial charge in [-0.25, -0.2) is 18.1 Å². The lowest BCUT2D eigenvalue weighted by Gasteiger charge is -2.11. The average molecular weight is 469 g/mol. The van der Waals surface area contributed by atoms with E-state index in [0.29, 0.717) is 17.2 Å². The van der Waals surface area contributed by atoms with Crippen LogP contribution >= 0.6 is 0 Å². The van der Waals surface area contributed by atoms with Gasteiger partial charge >= 0.3 is 16.1 Å². The topological polar surface area (TPSA) is 124 Å². The zero-order chi connectivity index (χ0) is 23.0. The predicted molar refractivity (Wildman–Crippen MR) is 103 cm³/mol. The Bertz CT molecular complexity index is 1270. The molecule has 170 valence electrons. The first kappa shape index (κ1) is 21.9. The third kappa shape index (κ3) is 3.85. The molecule has 13 heteroatoms. The molecule has 0 unspecified atom stereocenters. The summed E-state index contributed by atoms with van der Waals surface area (Å²) in [6.07, 6.45) is -0.231. The van der Waals surface area contributed by atoms with Crippen molar-refractivity contribution in [2.24, 2.45) is 0 Å². The van der Waals surface area contributed by atoms with Crippen molar-refractivity contribution in [3.63, 3.8) is 0 Å². The SMILES string of the molecule is CN(Cc1cn(S(=O)(=O)c2ccc(C3OCCO3)o2)c(-c2cccnc2F)c1F)C(=O)O. The summed E-state index contributed by atoms with van der Waals surface area (Å²) in [6.45, 7) is 0.133. The molecular formula is C19H17F2N3O7S. The second-order valence-electron chi connectivity index (χ2n) is 6.83. The van der Waals surface area contributed by atoms with Crippen molar-refractivity contribution in [3.05, 3.63) is 59.7 Å². The Morgan fingerprint density at radius 2 is 2.00 bits per heavy atom. The molecule has 32 heavy (non-hydrogen) atoms. The number of pyridine rings is 1. The Morgan fingerprint density at radius 3 is 2.66 bits per heavy atom. The number of aromatic nitrogens is 2. The highest BCUT2D eigenvalue weighted by molar-refractivity contribution is 7.89. The van der Waals surface area contributed by atoms with Gasteiger partial charge in [0.1, 0.15) is 5.69 Å². The molecule has 0 aromatic carbocycles. The molecule has 0 radical (unpaired) electrons. The van der Waals surface area contributed by atoms with E-state index in [-0.39, 0.29) is 11.3 Å². The molecule has 4 rings (SSSR count). The maximum atomic E-state index is 15.3. The van der Waals surface area contributed by atoms with Gasteiger partial charge in [0.2, 0.25) is 17.3 Å². The monoisotopic (exact) mass is 469 g/mol. The van der Waals surface area contributed by atoms with E-state index in [4.69, 9.17) is 19.0 Å². The summed E-state index contributed by atoms with van der Waals surface area (Å²) in [5.74, 6) is -2.12. The van der Waals surface area contributed by atoms with Crippen LogP contribution in [-0.4, -0.2) is 53.7 Å². The Kier molecular flexibility index (Phi) is 5.71. The third-order valence-electron chi connectivity index (χ3n) is 4.70. The number of halogens is 2. The zero-order valence-electron chi connectivity index (χ0n) is 16.6. The summed E-state index contributed by atoms with van der Waals surface area (Å²) in [6, 6.07) is 4.95. The molecule has 3 aromatic heterocycles. The fraction of sp³-hybridized carbons (Fsp3) is 0.263. The van der Waals surface area contributed by atoms with E-state index in [0.717, 1.165) is 29.4 Å². The number of ether oxygens (including phenoxy) is 2. The van der Waals surface area contributed by atoms with Crippen molar-refractivity contribution in [3.8, 4) is 11.3 Å². The van der Waals surface area contributed by atoms with Crippen molar-refractivity contribution in [1.29, 1.82) is 0 Å². The van der Waals surface area contributed by atoms with Crippen LogP contribution in [0.2, 0.25) is 0 Å². The second-order valence-corrected chi connectivity index (χ2v) is 8.57. The van der Waals surface area contributed by atoms with E-state index in [1.54, 1.807) is 0 Å². The fourth-order valence-electron chi connectivity index (χ4n) is 3.15. The second kappa shape index (κ2) is 8.33. The molecule has 4 heterocycles. The van der Waals surface area contributed by atoms with Crippen LogP contribution in [0.3, 0.4) is 0 Å². The Morgan fingerprint density at radius 1 is 1.28 bits per heavy atom. The Balaban J connectivity index is 1.85. The number of carbonyl (C=O) groups is 1. The molecule has 10 nitrogen and oxygen atoms in total. The number of amides is 1. The van der Waals surface area contributed by atoms with E-state index >= 15 is 4.39 Å². The number of carboxylic acid groups (broad SMARTS) is 1. The summed E-state index contributed by atoms with van der Waals surface area (Å²) in [5.41, 5.74) is -1.35. The van der Waals surface area contributed by atoms with Gasteiger partial charge in [-0.3, -0.25) is 0 Å². The molecule has 0 spiro atoms. The first-order valence-electron chi connectivity index (χ1n) is 9.23. The molecule has 0 aliphatic carbocycles. The van der Waals surface area contributed by atoms with Crippen molar-refractivity contribution in [1.82, 2.24) is 13.9 Å². The van der Waals surface area contributed by atoms with E-state index in [1.165, 1.54) is 19.2 Å². The van der Waals surface area contributed by atoms with Crippen LogP contribution in [0, 0.1) is 11.8 Å². The molecule has 1 aliphatic rings. The van der Waals surface area contributed by atoms with Gasteiger partial charge in [-0.2, -0.15) is 12.8 Å². The lowest BCUT2D eigenvalue weighted by Crippen LogP contribution is -2.24. The number of furan rings is 1. The third-order valence-corrected chi connectivity index (χ3v) is 6.23. The van der Waals surface area contributed by atoms with Crippen LogP contribution in [0.15, 0.2) is 46.2 Å². The van der Waals surface area contributed by atoms with Crippen molar-refractivity contribution >= 4 is 16.1 Å². The first-order valence-corrected chi connectivity index (χ1v) is 10.7. The molecule has 1 N–H and O–H groups in total. The van der Waals surface area contributed by atoms with Crippen molar-refractivity contribution in [2.45, 2.75) is 17.9 Å². The minimum atomic E-state index is -4.56. The normalized spacial score (nSPS) is 14.7. The minimum Gasteiger partial charge on any atom is -0.465 e. The maximum Gasteiger partial charge on any atom is 0.407 e. The Hall–Kier alpha value is -3.29. The smallest absolute Gasteiger partial charge is 0.407 e. The molecule has 3 aromatic rings. The highest BCUT2D eigenvalue weighted by atomic mass is 32.2. The van der Waals surface area contributed by atoms with Crippen molar-refractivity contribution in [2.75, 3.05) is 20.3 Å². The van der Waals surface area contributed by atoms with Crippen LogP contribution in [-0.2, 0) is 26.0 Å². The van der Waals surface area contributed by atoms with Gasteiger partial charge in [-0.15, -0.1) is 0 Å². The highest BCUT2D eigenvalue weighted by Gasteiger charge is 2.32. The fourth-order valence-corrected chi connectivity index (χ4v) is 4.47. The van der Waals surface area contributed by atoms with Gasteiger partial charge in [0, 0.05) is 25.0 Å². The number of hydrogen-bond donors (Lipinski definition) is 1. The molecule has 1 aliphatic heterocycles. The zero-order valence-corrected chi connectivity index (χ0v) is 17.4. The van der Waals surface area contributed by atoms with Crippen LogP contribution in [0.5, 0.6) is 0 Å². The van der Waals surface area contributed by atoms with Crippen LogP contribution in [0.25, 0.3) is 11.3 Å². The minimum absolute atomic E-state index is 0.0913. The van der Waals surface area contributed by atoms with Gasteiger partial charge in [0.15, 0.2) is 11.6 Å². The highest BCUT2D eigenvalue weighted by Crippen LogP contribution is 2.34. The van der Waals surface area contributed by atoms with Crippen LogP contribution < -0.4 is 0 Å². The molecular weight excluding hydrogens is 452 g/mol. The lowest BCUT2D eigenvalue weighted by molar-refractivity contribution is -0.0607. The van der Waals surface area contributed by atoms with Gasteiger partial charge in [0.05, 0.1) is 25.3 Å². The largest absolute Gasteiger partial charge is 0.465 e. The average Bonchev–Trinajstić information content (AvgIpc) is 3.49. The van der Waals surface area contributed by atoms with Gasteiger partial charge in [-0.05, 0) is 24.3 Å². The van der Waals surface area contributed by atoms with E-state index in [2.05, 4.69) is 4.98 Å². The summed E-state index contributed by atoms with van der Waals surface area (Å²) < 4.78 is 72.7. The van der Waals surface area contributed by atoms with E-state index in [1.807, 2.05) is 0 Å². The summed E-state index contributed by atoms with van der Waals surface area (Å²) in [7, 11) is -3.38. The molecule has 1 saturated heterocycles. The molecule has 0 saturated carbocycles. The predicted octanol–water partition coefficient (Wildman–Crippen LogP) is 2.81. The lowest BCUT2D eigenvalue weighted by atomic mass is 10.2. The standard InChI is InChI=1S/C19H17F2N3O7S/c1-23(19(25)26)9-11-10-24(16(15(11)20)12-3-2-6-22-17(12)21)32(27,28)14-5-4-13(31-14)18-29-7-8-30-18/h2-6,10,18H,7-9H2,1H3,(H,25,26). The number of hydrogen-bond acceptors (Lipinski definition) is 7. The van der Waals surface area contributed by atoms with Crippen LogP contribution in [0.1, 0.15) is 17.6 Å². The van der Waals surface area contributed by atoms with E-state index < -0.39 is 57.1 Å². The molecule has 0 bridgehead atoms. The number of rotatable bonds is 6. The molecule has 0 atom stereocenters.